The van der Waals surface area contributed by atoms with E-state index in [4.69, 9.17) is 14.2 Å². The summed E-state index contributed by atoms with van der Waals surface area (Å²) < 4.78 is 16.9. The Hall–Kier alpha value is -2.89. The number of hydrogen-bond donors (Lipinski definition) is 0. The lowest BCUT2D eigenvalue weighted by Gasteiger charge is -2.18. The van der Waals surface area contributed by atoms with Gasteiger partial charge in [-0.3, -0.25) is 14.4 Å². The van der Waals surface area contributed by atoms with Crippen LogP contribution in [-0.2, 0) is 28.6 Å². The first-order chi connectivity index (χ1) is 41.0. The molecule has 0 aliphatic rings. The molecule has 0 aliphatic carbocycles. The van der Waals surface area contributed by atoms with Crippen LogP contribution in [0.25, 0.3) is 0 Å². The maximum Gasteiger partial charge on any atom is 0.306 e. The second-order valence-corrected chi connectivity index (χ2v) is 24.8. The Labute approximate surface area is 517 Å². The Morgan fingerprint density at radius 2 is 0.470 bits per heavy atom. The van der Waals surface area contributed by atoms with E-state index in [2.05, 4.69) is 81.5 Å². The van der Waals surface area contributed by atoms with Crippen LogP contribution < -0.4 is 0 Å². The molecule has 0 amide bonds. The van der Waals surface area contributed by atoms with Crippen molar-refractivity contribution in [2.24, 2.45) is 0 Å². The van der Waals surface area contributed by atoms with E-state index in [1.54, 1.807) is 0 Å². The monoisotopic (exact) mass is 1160 g/mol. The molecule has 0 fully saturated rings. The summed E-state index contributed by atoms with van der Waals surface area (Å²) in [7, 11) is 0. The summed E-state index contributed by atoms with van der Waals surface area (Å²) in [6.07, 6.45) is 93.0. The van der Waals surface area contributed by atoms with Crippen LogP contribution >= 0.6 is 0 Å². The molecule has 0 aromatic rings. The summed E-state index contributed by atoms with van der Waals surface area (Å²) >= 11 is 0. The second kappa shape index (κ2) is 71.6. The minimum atomic E-state index is -0.769. The number of unbranched alkanes of at least 4 members (excludes halogenated alkanes) is 47. The molecule has 0 aliphatic heterocycles. The van der Waals surface area contributed by atoms with Gasteiger partial charge in [-0.05, 0) is 83.5 Å². The summed E-state index contributed by atoms with van der Waals surface area (Å²) in [5.41, 5.74) is 0. The molecule has 1 unspecified atom stereocenters. The van der Waals surface area contributed by atoms with Crippen LogP contribution in [0.1, 0.15) is 393 Å². The van der Waals surface area contributed by atoms with Gasteiger partial charge < -0.3 is 14.2 Å². The van der Waals surface area contributed by atoms with Crippen LogP contribution in [0.3, 0.4) is 0 Å². The fraction of sp³-hybridized carbons (Fsp3) is 0.831. The molecule has 0 bridgehead atoms. The summed E-state index contributed by atoms with van der Waals surface area (Å²) in [5.74, 6) is -0.849. The van der Waals surface area contributed by atoms with Gasteiger partial charge in [-0.2, -0.15) is 0 Å². The molecule has 0 spiro atoms. The molecule has 6 heteroatoms. The van der Waals surface area contributed by atoms with Gasteiger partial charge in [-0.15, -0.1) is 0 Å². The maximum atomic E-state index is 12.9. The minimum Gasteiger partial charge on any atom is -0.462 e. The van der Waals surface area contributed by atoms with E-state index in [0.717, 1.165) is 83.5 Å². The molecule has 0 radical (unpaired) electrons. The summed E-state index contributed by atoms with van der Waals surface area (Å²) in [4.78, 5) is 38.2. The van der Waals surface area contributed by atoms with E-state index in [9.17, 15) is 14.4 Å². The molecule has 1 atom stereocenters. The summed E-state index contributed by atoms with van der Waals surface area (Å²) in [5, 5.41) is 0. The third kappa shape index (κ3) is 69.8. The number of allylic oxidation sites excluding steroid dienone is 10. The van der Waals surface area contributed by atoms with Gasteiger partial charge in [0.1, 0.15) is 13.2 Å². The first-order valence-corrected chi connectivity index (χ1v) is 36.8. The van der Waals surface area contributed by atoms with Crippen molar-refractivity contribution in [3.8, 4) is 0 Å². The quantitative estimate of drug-likeness (QED) is 0.0261. The van der Waals surface area contributed by atoms with E-state index in [1.165, 1.54) is 270 Å². The van der Waals surface area contributed by atoms with Crippen LogP contribution in [-0.4, -0.2) is 37.2 Å². The average Bonchev–Trinajstić information content (AvgIpc) is 3.50. The smallest absolute Gasteiger partial charge is 0.306 e. The second-order valence-electron chi connectivity index (χ2n) is 24.8. The first-order valence-electron chi connectivity index (χ1n) is 36.8. The maximum absolute atomic E-state index is 12.9. The normalized spacial score (nSPS) is 12.4. The minimum absolute atomic E-state index is 0.0680. The van der Waals surface area contributed by atoms with Gasteiger partial charge in [-0.25, -0.2) is 0 Å². The summed E-state index contributed by atoms with van der Waals surface area (Å²) in [6, 6.07) is 0. The molecule has 0 saturated carbocycles. The van der Waals surface area contributed by atoms with Crippen LogP contribution in [0.5, 0.6) is 0 Å². The van der Waals surface area contributed by atoms with Gasteiger partial charge in [0.2, 0.25) is 0 Å². The lowest BCUT2D eigenvalue weighted by molar-refractivity contribution is -0.167. The molecule has 0 aromatic carbocycles. The van der Waals surface area contributed by atoms with Gasteiger partial charge in [0.15, 0.2) is 6.10 Å². The Bertz CT molecular complexity index is 1470. The zero-order valence-electron chi connectivity index (χ0n) is 55.7. The van der Waals surface area contributed by atoms with Crippen LogP contribution in [0.2, 0.25) is 0 Å². The van der Waals surface area contributed by atoms with E-state index in [1.807, 2.05) is 0 Å². The number of ether oxygens (including phenoxy) is 3. The third-order valence-corrected chi connectivity index (χ3v) is 16.5. The molecule has 0 aromatic heterocycles. The number of carbonyl (C=O) groups is 3. The average molecular weight is 1160 g/mol. The first kappa shape index (κ1) is 80.1. The van der Waals surface area contributed by atoms with E-state index < -0.39 is 6.10 Å². The molecule has 484 valence electrons. The molecule has 0 heterocycles. The Kier molecular flexibility index (Phi) is 69.1. The highest BCUT2D eigenvalue weighted by Gasteiger charge is 2.19. The standard InChI is InChI=1S/C77H140O6/c1-4-7-10-13-16-18-20-22-24-26-28-30-32-34-36-37-38-39-41-42-44-46-48-50-52-54-56-58-61-64-67-70-76(79)82-73-74(72-81-75(78)69-66-63-60-15-12-9-6-3)83-77(80)71-68-65-62-59-57-55-53-51-49-47-45-43-40-35-33-31-29-27-25-23-21-19-17-14-11-8-5-2/h7,10,16,18,22,24,27-30,74H,4-6,8-9,11-15,17,19-21,23,25-26,31-73H2,1-3H3/b10-7-,18-16-,24-22-,29-27-,30-28-. The number of carbonyl (C=O) groups excluding carboxylic acids is 3. The Balaban J connectivity index is 4.00. The van der Waals surface area contributed by atoms with Crippen LogP contribution in [0, 0.1) is 0 Å². The lowest BCUT2D eigenvalue weighted by Crippen LogP contribution is -2.30. The fourth-order valence-corrected chi connectivity index (χ4v) is 11.0. The van der Waals surface area contributed by atoms with Crippen molar-refractivity contribution < 1.29 is 28.6 Å². The molecule has 83 heavy (non-hydrogen) atoms. The highest BCUT2D eigenvalue weighted by Crippen LogP contribution is 2.19. The highest BCUT2D eigenvalue weighted by atomic mass is 16.6. The van der Waals surface area contributed by atoms with E-state index in [0.29, 0.717) is 19.3 Å². The molecule has 0 rings (SSSR count). The SMILES string of the molecule is CC/C=C\C/C=C\C/C=C\C/C=C\CCCCCCCCCCCCCCCCCCCCC(=O)OCC(COC(=O)CCCCCCCCC)OC(=O)CCCCCCCCCCCCCCCCC/C=C\CCCCCCCCCC. The van der Waals surface area contributed by atoms with Gasteiger partial charge in [0.25, 0.3) is 0 Å². The van der Waals surface area contributed by atoms with Gasteiger partial charge >= 0.3 is 17.9 Å². The van der Waals surface area contributed by atoms with Gasteiger partial charge in [0, 0.05) is 19.3 Å². The van der Waals surface area contributed by atoms with E-state index >= 15 is 0 Å². The molecular formula is C77H140O6. The molecule has 0 saturated heterocycles. The zero-order chi connectivity index (χ0) is 59.9. The van der Waals surface area contributed by atoms with Crippen molar-refractivity contribution in [1.82, 2.24) is 0 Å². The van der Waals surface area contributed by atoms with Crippen molar-refractivity contribution in [2.45, 2.75) is 399 Å². The highest BCUT2D eigenvalue weighted by molar-refractivity contribution is 5.71. The lowest BCUT2D eigenvalue weighted by atomic mass is 10.0. The molecule has 0 N–H and O–H groups in total. The van der Waals surface area contributed by atoms with E-state index in [-0.39, 0.29) is 31.1 Å². The number of hydrogen-bond acceptors (Lipinski definition) is 6. The zero-order valence-corrected chi connectivity index (χ0v) is 55.7. The topological polar surface area (TPSA) is 78.9 Å². The largest absolute Gasteiger partial charge is 0.462 e. The van der Waals surface area contributed by atoms with Gasteiger partial charge in [-0.1, -0.05) is 351 Å². The van der Waals surface area contributed by atoms with Crippen molar-refractivity contribution in [3.05, 3.63) is 60.8 Å². The number of rotatable bonds is 68. The predicted octanol–water partition coefficient (Wildman–Crippen LogP) is 25.5. The van der Waals surface area contributed by atoms with Crippen molar-refractivity contribution in [1.29, 1.82) is 0 Å². The fourth-order valence-electron chi connectivity index (χ4n) is 11.0. The van der Waals surface area contributed by atoms with Crippen molar-refractivity contribution in [3.63, 3.8) is 0 Å². The van der Waals surface area contributed by atoms with Crippen LogP contribution in [0.4, 0.5) is 0 Å². The summed E-state index contributed by atoms with van der Waals surface area (Å²) in [6.45, 7) is 6.55. The molecular weight excluding hydrogens is 1020 g/mol. The number of esters is 3. The van der Waals surface area contributed by atoms with Crippen molar-refractivity contribution in [2.75, 3.05) is 13.2 Å². The predicted molar refractivity (Wildman–Crippen MR) is 362 cm³/mol. The Morgan fingerprint density at radius 3 is 0.747 bits per heavy atom. The van der Waals surface area contributed by atoms with Crippen LogP contribution in [0.15, 0.2) is 60.8 Å². The Morgan fingerprint density at radius 1 is 0.253 bits per heavy atom. The van der Waals surface area contributed by atoms with Gasteiger partial charge in [0.05, 0.1) is 0 Å². The molecule has 6 nitrogen and oxygen atoms in total. The third-order valence-electron chi connectivity index (χ3n) is 16.5. The van der Waals surface area contributed by atoms with Crippen molar-refractivity contribution >= 4 is 17.9 Å².